The first kappa shape index (κ1) is 19.5. The molecule has 124 valence electrons. The molecule has 0 saturated carbocycles. The minimum absolute atomic E-state index is 0. The fourth-order valence-electron chi connectivity index (χ4n) is 2.16. The third kappa shape index (κ3) is 7.12. The summed E-state index contributed by atoms with van der Waals surface area (Å²) in [5.41, 5.74) is 3.63. The third-order valence-corrected chi connectivity index (χ3v) is 3.35. The monoisotopic (exact) mass is 340 g/mol. The van der Waals surface area contributed by atoms with Crippen molar-refractivity contribution in [3.63, 3.8) is 0 Å². The second-order valence-electron chi connectivity index (χ2n) is 5.11. The molecule has 0 fully saturated rings. The van der Waals surface area contributed by atoms with E-state index in [2.05, 4.69) is 48.5 Å². The zero-order valence-electron chi connectivity index (χ0n) is 13.3. The summed E-state index contributed by atoms with van der Waals surface area (Å²) in [4.78, 5) is 10.2. The van der Waals surface area contributed by atoms with Crippen LogP contribution >= 0.6 is 12.4 Å². The normalized spacial score (nSPS) is 9.17. The van der Waals surface area contributed by atoms with Crippen molar-refractivity contribution in [3.05, 3.63) is 96.6 Å². The van der Waals surface area contributed by atoms with Crippen molar-refractivity contribution < 1.29 is 9.90 Å². The van der Waals surface area contributed by atoms with Crippen LogP contribution in [0.4, 0.5) is 0 Å². The summed E-state index contributed by atoms with van der Waals surface area (Å²) in [6.45, 7) is 0. The number of hydrogen-bond donors (Lipinski definition) is 1. The molecule has 3 aromatic rings. The quantitative estimate of drug-likeness (QED) is 0.682. The van der Waals surface area contributed by atoms with Crippen LogP contribution in [0.3, 0.4) is 0 Å². The average molecular weight is 341 g/mol. The SMILES string of the molecule is Cl.O=C(O)CCc1ccccc1.c1ccc(-c2ccccc2)cc1. The predicted molar refractivity (Wildman–Crippen MR) is 102 cm³/mol. The van der Waals surface area contributed by atoms with Crippen LogP contribution in [0.25, 0.3) is 11.1 Å². The molecule has 3 heteroatoms. The van der Waals surface area contributed by atoms with E-state index in [-0.39, 0.29) is 18.8 Å². The zero-order valence-corrected chi connectivity index (χ0v) is 14.2. The molecule has 0 bridgehead atoms. The fraction of sp³-hybridized carbons (Fsp3) is 0.0952. The number of carboxylic acid groups (broad SMARTS) is 1. The van der Waals surface area contributed by atoms with Crippen LogP contribution in [0.5, 0.6) is 0 Å². The second-order valence-corrected chi connectivity index (χ2v) is 5.11. The van der Waals surface area contributed by atoms with E-state index in [1.165, 1.54) is 11.1 Å². The van der Waals surface area contributed by atoms with Crippen molar-refractivity contribution >= 4 is 18.4 Å². The highest BCUT2D eigenvalue weighted by Gasteiger charge is 1.96. The third-order valence-electron chi connectivity index (χ3n) is 3.35. The Bertz CT molecular complexity index is 660. The number of carboxylic acids is 1. The fourth-order valence-corrected chi connectivity index (χ4v) is 2.16. The number of aliphatic carboxylic acids is 1. The summed E-state index contributed by atoms with van der Waals surface area (Å²) in [6.07, 6.45) is 0.834. The molecule has 0 radical (unpaired) electrons. The van der Waals surface area contributed by atoms with Gasteiger partial charge in [0, 0.05) is 6.42 Å². The number of benzene rings is 3. The van der Waals surface area contributed by atoms with Crippen LogP contribution < -0.4 is 0 Å². The van der Waals surface area contributed by atoms with Gasteiger partial charge in [0.05, 0.1) is 0 Å². The lowest BCUT2D eigenvalue weighted by Gasteiger charge is -1.98. The first-order valence-corrected chi connectivity index (χ1v) is 7.62. The van der Waals surface area contributed by atoms with Gasteiger partial charge in [-0.05, 0) is 23.1 Å². The van der Waals surface area contributed by atoms with Gasteiger partial charge in [-0.1, -0.05) is 91.0 Å². The number of rotatable bonds is 4. The molecule has 0 heterocycles. The molecule has 0 aliphatic heterocycles. The van der Waals surface area contributed by atoms with Gasteiger partial charge in [-0.25, -0.2) is 0 Å². The molecule has 3 aromatic carbocycles. The molecule has 0 amide bonds. The molecule has 0 atom stereocenters. The van der Waals surface area contributed by atoms with Gasteiger partial charge in [0.2, 0.25) is 0 Å². The molecule has 3 rings (SSSR count). The minimum atomic E-state index is -0.742. The van der Waals surface area contributed by atoms with Gasteiger partial charge in [0.25, 0.3) is 0 Å². The Morgan fingerprint density at radius 2 is 1.04 bits per heavy atom. The Kier molecular flexibility index (Phi) is 8.95. The Morgan fingerprint density at radius 1 is 0.667 bits per heavy atom. The maximum Gasteiger partial charge on any atom is 0.303 e. The van der Waals surface area contributed by atoms with Crippen molar-refractivity contribution in [3.8, 4) is 11.1 Å². The van der Waals surface area contributed by atoms with Crippen LogP contribution in [-0.4, -0.2) is 11.1 Å². The summed E-state index contributed by atoms with van der Waals surface area (Å²) in [5.74, 6) is -0.742. The lowest BCUT2D eigenvalue weighted by atomic mass is 10.1. The lowest BCUT2D eigenvalue weighted by Crippen LogP contribution is -1.96. The van der Waals surface area contributed by atoms with Crippen molar-refractivity contribution in [1.29, 1.82) is 0 Å². The highest BCUT2D eigenvalue weighted by molar-refractivity contribution is 5.85. The van der Waals surface area contributed by atoms with Crippen molar-refractivity contribution in [2.45, 2.75) is 12.8 Å². The number of aryl methyl sites for hydroxylation is 1. The van der Waals surface area contributed by atoms with E-state index in [4.69, 9.17) is 5.11 Å². The number of halogens is 1. The predicted octanol–water partition coefficient (Wildman–Crippen LogP) is 5.48. The Labute approximate surface area is 149 Å². The van der Waals surface area contributed by atoms with E-state index < -0.39 is 5.97 Å². The van der Waals surface area contributed by atoms with Crippen LogP contribution in [0.1, 0.15) is 12.0 Å². The van der Waals surface area contributed by atoms with Crippen LogP contribution in [0.15, 0.2) is 91.0 Å². The number of carbonyl (C=O) groups is 1. The van der Waals surface area contributed by atoms with Gasteiger partial charge in [-0.2, -0.15) is 0 Å². The molecule has 0 saturated heterocycles. The largest absolute Gasteiger partial charge is 0.481 e. The molecule has 0 aliphatic rings. The van der Waals surface area contributed by atoms with E-state index >= 15 is 0 Å². The van der Waals surface area contributed by atoms with Gasteiger partial charge in [-0.15, -0.1) is 12.4 Å². The Balaban J connectivity index is 0.000000232. The summed E-state index contributed by atoms with van der Waals surface area (Å²) in [5, 5.41) is 8.37. The first-order chi connectivity index (χ1) is 11.3. The van der Waals surface area contributed by atoms with Gasteiger partial charge in [0.1, 0.15) is 0 Å². The van der Waals surface area contributed by atoms with E-state index in [0.717, 1.165) is 5.56 Å². The smallest absolute Gasteiger partial charge is 0.303 e. The molecular formula is C21H21ClO2. The molecule has 2 nitrogen and oxygen atoms in total. The van der Waals surface area contributed by atoms with Crippen LogP contribution in [-0.2, 0) is 11.2 Å². The van der Waals surface area contributed by atoms with Crippen LogP contribution in [0.2, 0.25) is 0 Å². The van der Waals surface area contributed by atoms with E-state index in [1.807, 2.05) is 42.5 Å². The maximum absolute atomic E-state index is 10.2. The molecule has 0 spiro atoms. The van der Waals surface area contributed by atoms with Crippen LogP contribution in [0, 0.1) is 0 Å². The molecule has 0 aliphatic carbocycles. The molecule has 1 N–H and O–H groups in total. The second kappa shape index (κ2) is 11.0. The summed E-state index contributed by atoms with van der Waals surface area (Å²) in [7, 11) is 0. The molecular weight excluding hydrogens is 320 g/mol. The summed E-state index contributed by atoms with van der Waals surface area (Å²) in [6, 6.07) is 30.4. The molecule has 0 unspecified atom stereocenters. The summed E-state index contributed by atoms with van der Waals surface area (Å²) >= 11 is 0. The molecule has 0 aromatic heterocycles. The first-order valence-electron chi connectivity index (χ1n) is 7.62. The summed E-state index contributed by atoms with van der Waals surface area (Å²) < 4.78 is 0. The topological polar surface area (TPSA) is 37.3 Å². The Hall–Kier alpha value is -2.58. The lowest BCUT2D eigenvalue weighted by molar-refractivity contribution is -0.136. The van der Waals surface area contributed by atoms with E-state index in [0.29, 0.717) is 6.42 Å². The Morgan fingerprint density at radius 3 is 1.42 bits per heavy atom. The van der Waals surface area contributed by atoms with E-state index in [9.17, 15) is 4.79 Å². The van der Waals surface area contributed by atoms with Gasteiger partial charge >= 0.3 is 5.97 Å². The van der Waals surface area contributed by atoms with Gasteiger partial charge in [-0.3, -0.25) is 4.79 Å². The minimum Gasteiger partial charge on any atom is -0.481 e. The van der Waals surface area contributed by atoms with Crippen molar-refractivity contribution in [1.82, 2.24) is 0 Å². The average Bonchev–Trinajstić information content (AvgIpc) is 2.63. The number of hydrogen-bond acceptors (Lipinski definition) is 1. The van der Waals surface area contributed by atoms with Crippen molar-refractivity contribution in [2.75, 3.05) is 0 Å². The standard InChI is InChI=1S/C12H10.C9H10O2.ClH/c1-3-7-11(8-4-1)12-9-5-2-6-10-12;10-9(11)7-6-8-4-2-1-3-5-8;/h1-10H;1-5H,6-7H2,(H,10,11);1H. The van der Waals surface area contributed by atoms with Crippen molar-refractivity contribution in [2.24, 2.45) is 0 Å². The molecule has 24 heavy (non-hydrogen) atoms. The van der Waals surface area contributed by atoms with Gasteiger partial charge < -0.3 is 5.11 Å². The highest BCUT2D eigenvalue weighted by Crippen LogP contribution is 2.17. The van der Waals surface area contributed by atoms with Gasteiger partial charge in [0.15, 0.2) is 0 Å². The highest BCUT2D eigenvalue weighted by atomic mass is 35.5. The maximum atomic E-state index is 10.2. The van der Waals surface area contributed by atoms with E-state index in [1.54, 1.807) is 0 Å². The zero-order chi connectivity index (χ0) is 16.3.